The first kappa shape index (κ1) is 11.5. The third-order valence-corrected chi connectivity index (χ3v) is 3.54. The molecule has 4 heteroatoms. The Morgan fingerprint density at radius 2 is 1.82 bits per heavy atom. The number of rotatable bonds is 6. The van der Waals surface area contributed by atoms with Crippen LogP contribution in [0.1, 0.15) is 19.3 Å². The van der Waals surface area contributed by atoms with Gasteiger partial charge in [0.2, 0.25) is 0 Å². The third kappa shape index (κ3) is 4.84. The van der Waals surface area contributed by atoms with Crippen LogP contribution in [0.5, 0.6) is 0 Å². The van der Waals surface area contributed by atoms with Crippen LogP contribution in [-0.2, 0) is 9.47 Å². The van der Waals surface area contributed by atoms with E-state index >= 15 is 0 Å². The number of unbranched alkanes of at least 4 members (excludes halogenated alkanes) is 1. The molecule has 0 aromatic carbocycles. The van der Waals surface area contributed by atoms with Gasteiger partial charge >= 0.3 is 0 Å². The SMILES string of the molecule is COC([SiH3])(CCCCS)OC. The Balaban J connectivity index is 3.51. The fraction of sp³-hybridized carbons (Fsp3) is 1.00. The van der Waals surface area contributed by atoms with Crippen LogP contribution in [0, 0.1) is 0 Å². The van der Waals surface area contributed by atoms with Crippen LogP contribution < -0.4 is 0 Å². The van der Waals surface area contributed by atoms with Crippen molar-refractivity contribution in [3.63, 3.8) is 0 Å². The van der Waals surface area contributed by atoms with Gasteiger partial charge in [-0.1, -0.05) is 0 Å². The second kappa shape index (κ2) is 6.05. The van der Waals surface area contributed by atoms with E-state index in [9.17, 15) is 0 Å². The van der Waals surface area contributed by atoms with Crippen LogP contribution in [0.15, 0.2) is 0 Å². The summed E-state index contributed by atoms with van der Waals surface area (Å²) in [6.45, 7) is 0. The van der Waals surface area contributed by atoms with Crippen molar-refractivity contribution >= 4 is 22.9 Å². The van der Waals surface area contributed by atoms with Gasteiger partial charge in [0, 0.05) is 14.2 Å². The summed E-state index contributed by atoms with van der Waals surface area (Å²) in [5.41, 5.74) is -0.261. The van der Waals surface area contributed by atoms with Gasteiger partial charge in [-0.05, 0) is 25.0 Å². The van der Waals surface area contributed by atoms with Gasteiger partial charge in [-0.2, -0.15) is 12.6 Å². The molecule has 0 radical (unpaired) electrons. The van der Waals surface area contributed by atoms with Gasteiger partial charge in [-0.15, -0.1) is 0 Å². The van der Waals surface area contributed by atoms with Crippen molar-refractivity contribution in [2.24, 2.45) is 0 Å². The topological polar surface area (TPSA) is 18.5 Å². The smallest absolute Gasteiger partial charge is 0.140 e. The lowest BCUT2D eigenvalue weighted by Gasteiger charge is -2.26. The molecule has 0 spiro atoms. The average Bonchev–Trinajstić information content (AvgIpc) is 2.05. The summed E-state index contributed by atoms with van der Waals surface area (Å²) in [5.74, 6) is 0.949. The summed E-state index contributed by atoms with van der Waals surface area (Å²) >= 11 is 4.14. The van der Waals surface area contributed by atoms with Crippen LogP contribution in [0.25, 0.3) is 0 Å². The monoisotopic (exact) mass is 194 g/mol. The lowest BCUT2D eigenvalue weighted by molar-refractivity contribution is -0.146. The minimum atomic E-state index is -0.261. The normalized spacial score (nSPS) is 12.3. The predicted molar refractivity (Wildman–Crippen MR) is 54.4 cm³/mol. The first-order valence-corrected chi connectivity index (χ1v) is 5.53. The molecule has 0 unspecified atom stereocenters. The van der Waals surface area contributed by atoms with E-state index in [-0.39, 0.29) is 5.41 Å². The standard InChI is InChI=1S/C7H18O2SSi/c1-8-7(11,9-2)5-3-4-6-10/h10H,3-6H2,1-2,11H3. The van der Waals surface area contributed by atoms with Gasteiger partial charge in [-0.3, -0.25) is 0 Å². The fourth-order valence-electron chi connectivity index (χ4n) is 0.845. The molecule has 11 heavy (non-hydrogen) atoms. The molecule has 0 atom stereocenters. The van der Waals surface area contributed by atoms with Crippen molar-refractivity contribution in [2.45, 2.75) is 24.7 Å². The Morgan fingerprint density at radius 3 is 2.18 bits per heavy atom. The van der Waals surface area contributed by atoms with Crippen molar-refractivity contribution < 1.29 is 9.47 Å². The molecular weight excluding hydrogens is 176 g/mol. The molecule has 0 rings (SSSR count). The molecular formula is C7H18O2SSi. The highest BCUT2D eigenvalue weighted by Gasteiger charge is 2.20. The average molecular weight is 194 g/mol. The molecule has 0 bridgehead atoms. The molecule has 0 aliphatic carbocycles. The van der Waals surface area contributed by atoms with Crippen molar-refractivity contribution in [3.8, 4) is 0 Å². The Labute approximate surface area is 77.5 Å². The van der Waals surface area contributed by atoms with Crippen LogP contribution in [0.3, 0.4) is 0 Å². The minimum Gasteiger partial charge on any atom is -0.358 e. The van der Waals surface area contributed by atoms with Crippen LogP contribution >= 0.6 is 12.6 Å². The van der Waals surface area contributed by atoms with Crippen molar-refractivity contribution in [3.05, 3.63) is 0 Å². The van der Waals surface area contributed by atoms with Gasteiger partial charge in [0.05, 0.1) is 10.2 Å². The summed E-state index contributed by atoms with van der Waals surface area (Å²) in [7, 11) is 4.33. The molecule has 0 fully saturated rings. The zero-order valence-electron chi connectivity index (χ0n) is 7.59. The molecule has 2 nitrogen and oxygen atoms in total. The number of hydrogen-bond acceptors (Lipinski definition) is 3. The molecule has 0 aromatic rings. The molecule has 0 amide bonds. The maximum Gasteiger partial charge on any atom is 0.140 e. The summed E-state index contributed by atoms with van der Waals surface area (Å²) < 4.78 is 10.5. The fourth-order valence-corrected chi connectivity index (χ4v) is 1.42. The second-order valence-electron chi connectivity index (χ2n) is 2.72. The maximum atomic E-state index is 5.25. The Hall–Kier alpha value is 0.487. The first-order chi connectivity index (χ1) is 5.18. The molecule has 0 aliphatic rings. The van der Waals surface area contributed by atoms with E-state index < -0.39 is 0 Å². The molecule has 0 N–H and O–H groups in total. The summed E-state index contributed by atoms with van der Waals surface area (Å²) in [4.78, 5) is 0. The van der Waals surface area contributed by atoms with E-state index in [4.69, 9.17) is 9.47 Å². The molecule has 0 aliphatic heterocycles. The van der Waals surface area contributed by atoms with E-state index in [1.165, 1.54) is 0 Å². The maximum absolute atomic E-state index is 5.25. The highest BCUT2D eigenvalue weighted by Crippen LogP contribution is 2.14. The Kier molecular flexibility index (Phi) is 6.32. The van der Waals surface area contributed by atoms with Gasteiger partial charge < -0.3 is 9.47 Å². The number of thiol groups is 1. The summed E-state index contributed by atoms with van der Waals surface area (Å²) in [6, 6.07) is 0. The van der Waals surface area contributed by atoms with Crippen LogP contribution in [0.2, 0.25) is 0 Å². The lowest BCUT2D eigenvalue weighted by Crippen LogP contribution is -2.33. The van der Waals surface area contributed by atoms with E-state index in [1.807, 2.05) is 0 Å². The van der Waals surface area contributed by atoms with Gasteiger partial charge in [0.1, 0.15) is 5.41 Å². The zero-order valence-corrected chi connectivity index (χ0v) is 10.5. The molecule has 0 saturated carbocycles. The van der Waals surface area contributed by atoms with Crippen molar-refractivity contribution in [2.75, 3.05) is 20.0 Å². The molecule has 68 valence electrons. The van der Waals surface area contributed by atoms with Crippen LogP contribution in [0.4, 0.5) is 0 Å². The second-order valence-corrected chi connectivity index (χ2v) is 4.69. The summed E-state index contributed by atoms with van der Waals surface area (Å²) in [5, 5.41) is 0. The molecule has 0 heterocycles. The van der Waals surface area contributed by atoms with Gasteiger partial charge in [-0.25, -0.2) is 0 Å². The van der Waals surface area contributed by atoms with Gasteiger partial charge in [0.25, 0.3) is 0 Å². The number of ether oxygens (including phenoxy) is 2. The number of methoxy groups -OCH3 is 2. The lowest BCUT2D eigenvalue weighted by atomic mass is 10.2. The predicted octanol–water partition coefficient (Wildman–Crippen LogP) is 0.399. The highest BCUT2D eigenvalue weighted by molar-refractivity contribution is 7.80. The Morgan fingerprint density at radius 1 is 1.27 bits per heavy atom. The van der Waals surface area contributed by atoms with Crippen molar-refractivity contribution in [1.82, 2.24) is 0 Å². The Bertz CT molecular complexity index is 96.4. The summed E-state index contributed by atoms with van der Waals surface area (Å²) in [6.07, 6.45) is 3.27. The number of hydrogen-bond donors (Lipinski definition) is 1. The van der Waals surface area contributed by atoms with E-state index in [0.29, 0.717) is 0 Å². The minimum absolute atomic E-state index is 0.261. The largest absolute Gasteiger partial charge is 0.358 e. The third-order valence-electron chi connectivity index (χ3n) is 1.90. The highest BCUT2D eigenvalue weighted by atomic mass is 32.1. The first-order valence-electron chi connectivity index (χ1n) is 3.89. The molecule has 0 saturated heterocycles. The van der Waals surface area contributed by atoms with E-state index in [0.717, 1.165) is 35.3 Å². The quantitative estimate of drug-likeness (QED) is 0.286. The van der Waals surface area contributed by atoms with E-state index in [1.54, 1.807) is 14.2 Å². The van der Waals surface area contributed by atoms with Gasteiger partial charge in [0.15, 0.2) is 0 Å². The molecule has 0 aromatic heterocycles. The zero-order chi connectivity index (χ0) is 8.74. The van der Waals surface area contributed by atoms with E-state index in [2.05, 4.69) is 12.6 Å². The van der Waals surface area contributed by atoms with Crippen molar-refractivity contribution in [1.29, 1.82) is 0 Å². The van der Waals surface area contributed by atoms with Crippen LogP contribution in [-0.4, -0.2) is 35.6 Å².